The molecule has 0 fully saturated rings. The summed E-state index contributed by atoms with van der Waals surface area (Å²) in [6.07, 6.45) is 0. The van der Waals surface area contributed by atoms with Crippen LogP contribution >= 0.6 is 110 Å². The first-order chi connectivity index (χ1) is 11.6. The van der Waals surface area contributed by atoms with Crippen LogP contribution in [0.5, 0.6) is 0 Å². The average Bonchev–Trinajstić information content (AvgIpc) is 2.56. The van der Waals surface area contributed by atoms with Crippen LogP contribution in [-0.4, -0.2) is 8.42 Å². The van der Waals surface area contributed by atoms with Crippen molar-refractivity contribution in [3.63, 3.8) is 0 Å². The van der Waals surface area contributed by atoms with Crippen molar-refractivity contribution < 1.29 is 8.42 Å². The maximum atomic E-state index is 13.3. The van der Waals surface area contributed by atoms with E-state index in [1.54, 1.807) is 0 Å². The second-order valence-electron chi connectivity index (χ2n) is 4.70. The molecule has 0 saturated heterocycles. The molecule has 2 rings (SSSR count). The van der Waals surface area contributed by atoms with Gasteiger partial charge in [-0.3, -0.25) is 0 Å². The van der Waals surface area contributed by atoms with Gasteiger partial charge in [0.15, 0.2) is 0 Å². The highest BCUT2D eigenvalue weighted by Crippen LogP contribution is 2.43. The zero-order chi connectivity index (χ0) is 19.1. The second kappa shape index (κ2) is 8.87. The zero-order valence-electron chi connectivity index (χ0n) is 11.8. The molecule has 0 bridgehead atoms. The summed E-state index contributed by atoms with van der Waals surface area (Å²) in [6, 6.07) is 2.85. The topological polar surface area (TPSA) is 34.1 Å². The van der Waals surface area contributed by atoms with Crippen LogP contribution in [0.25, 0.3) is 0 Å². The lowest BCUT2D eigenvalue weighted by atomic mass is 10.2. The van der Waals surface area contributed by atoms with Crippen molar-refractivity contribution in [3.05, 3.63) is 51.2 Å². The van der Waals surface area contributed by atoms with E-state index < -0.39 is 9.84 Å². The van der Waals surface area contributed by atoms with Crippen LogP contribution in [0.1, 0.15) is 11.1 Å². The molecule has 0 atom stereocenters. The van der Waals surface area contributed by atoms with E-state index in [0.29, 0.717) is 39.1 Å². The Morgan fingerprint density at radius 3 is 1.36 bits per heavy atom. The van der Waals surface area contributed by atoms with Crippen molar-refractivity contribution in [1.29, 1.82) is 0 Å². The molecule has 25 heavy (non-hydrogen) atoms. The minimum Gasteiger partial charge on any atom is -0.218 e. The molecule has 2 nitrogen and oxygen atoms in total. The van der Waals surface area contributed by atoms with Crippen molar-refractivity contribution in [2.45, 2.75) is 21.6 Å². The fraction of sp³-hybridized carbons (Fsp3) is 0.143. The fourth-order valence-corrected chi connectivity index (χ4v) is 8.31. The van der Waals surface area contributed by atoms with E-state index in [4.69, 9.17) is 46.4 Å². The van der Waals surface area contributed by atoms with Crippen molar-refractivity contribution in [1.82, 2.24) is 0 Å². The van der Waals surface area contributed by atoms with Crippen LogP contribution < -0.4 is 0 Å². The normalized spacial score (nSPS) is 11.8. The molecule has 2 aromatic carbocycles. The van der Waals surface area contributed by atoms with Gasteiger partial charge < -0.3 is 0 Å². The second-order valence-corrected chi connectivity index (χ2v) is 11.2. The Hall–Kier alpha value is 1.47. The number of alkyl halides is 2. The molecular formula is C14H6Br4Cl4O2S. The third-order valence-electron chi connectivity index (χ3n) is 3.29. The summed E-state index contributed by atoms with van der Waals surface area (Å²) >= 11 is 37.4. The molecule has 0 unspecified atom stereocenters. The number of hydrogen-bond acceptors (Lipinski definition) is 2. The molecule has 0 amide bonds. The predicted molar refractivity (Wildman–Crippen MR) is 118 cm³/mol. The Morgan fingerprint density at radius 2 is 1.08 bits per heavy atom. The van der Waals surface area contributed by atoms with Gasteiger partial charge in [-0.1, -0.05) is 23.2 Å². The molecule has 136 valence electrons. The van der Waals surface area contributed by atoms with Gasteiger partial charge >= 0.3 is 0 Å². The monoisotopic (exact) mass is 694 g/mol. The Bertz CT molecular complexity index is 893. The smallest absolute Gasteiger partial charge is 0.207 e. The maximum absolute atomic E-state index is 13.3. The lowest BCUT2D eigenvalue weighted by Gasteiger charge is -2.17. The van der Waals surface area contributed by atoms with E-state index in [1.807, 2.05) is 0 Å². The molecule has 0 N–H and O–H groups in total. The van der Waals surface area contributed by atoms with Gasteiger partial charge in [0.25, 0.3) is 0 Å². The lowest BCUT2D eigenvalue weighted by Crippen LogP contribution is -2.09. The number of hydrogen-bond donors (Lipinski definition) is 0. The molecule has 0 aliphatic carbocycles. The van der Waals surface area contributed by atoms with Gasteiger partial charge in [-0.2, -0.15) is 0 Å². The van der Waals surface area contributed by atoms with E-state index in [0.717, 1.165) is 0 Å². The van der Waals surface area contributed by atoms with Crippen molar-refractivity contribution in [3.8, 4) is 0 Å². The molecule has 2 aromatic rings. The minimum absolute atomic E-state index is 0.0261. The van der Waals surface area contributed by atoms with Gasteiger partial charge in [-0.25, -0.2) is 8.42 Å². The number of rotatable bonds is 4. The molecule has 0 saturated carbocycles. The van der Waals surface area contributed by atoms with Gasteiger partial charge in [0.2, 0.25) is 9.84 Å². The highest BCUT2D eigenvalue weighted by atomic mass is 79.9. The number of sulfone groups is 1. The molecule has 0 aromatic heterocycles. The van der Waals surface area contributed by atoms with Crippen LogP contribution in [-0.2, 0) is 21.6 Å². The summed E-state index contributed by atoms with van der Waals surface area (Å²) in [5.74, 6) is -0.0947. The Labute approximate surface area is 199 Å². The molecule has 0 aliphatic heterocycles. The molecule has 11 heteroatoms. The van der Waals surface area contributed by atoms with Gasteiger partial charge in [0.05, 0.1) is 19.8 Å². The van der Waals surface area contributed by atoms with E-state index in [-0.39, 0.29) is 21.6 Å². The summed E-state index contributed by atoms with van der Waals surface area (Å²) in [4.78, 5) is 0.0521. The van der Waals surface area contributed by atoms with E-state index in [1.165, 1.54) is 12.1 Å². The van der Waals surface area contributed by atoms with Crippen LogP contribution in [0.4, 0.5) is 0 Å². The summed E-state index contributed by atoms with van der Waals surface area (Å²) in [5, 5.41) is 0.677. The van der Waals surface area contributed by atoms with E-state index >= 15 is 0 Å². The average molecular weight is 700 g/mol. The van der Waals surface area contributed by atoms with Gasteiger partial charge in [0, 0.05) is 40.8 Å². The zero-order valence-corrected chi connectivity index (χ0v) is 22.0. The first-order valence-corrected chi connectivity index (χ1v) is 12.8. The first-order valence-electron chi connectivity index (χ1n) is 6.27. The molecule has 0 heterocycles. The Kier molecular flexibility index (Phi) is 8.07. The minimum atomic E-state index is -3.95. The SMILES string of the molecule is O=S(=O)(c1cc(Br)c(Cl)c(Br)c1CCl)c1cc(Br)c(Cl)c(Br)c1CCl. The predicted octanol–water partition coefficient (Wildman–Crippen LogP) is 8.35. The van der Waals surface area contributed by atoms with Crippen LogP contribution in [0.3, 0.4) is 0 Å². The largest absolute Gasteiger partial charge is 0.218 e. The highest BCUT2D eigenvalue weighted by molar-refractivity contribution is 9.11. The molecular weight excluding hydrogens is 694 g/mol. The summed E-state index contributed by atoms with van der Waals surface area (Å²) < 4.78 is 28.4. The summed E-state index contributed by atoms with van der Waals surface area (Å²) in [7, 11) is -3.95. The quantitative estimate of drug-likeness (QED) is 0.238. The number of halogens is 8. The van der Waals surface area contributed by atoms with Crippen LogP contribution in [0.15, 0.2) is 39.8 Å². The third-order valence-corrected chi connectivity index (χ3v) is 10.4. The Morgan fingerprint density at radius 1 is 0.760 bits per heavy atom. The Balaban J connectivity index is 2.91. The molecule has 0 spiro atoms. The fourth-order valence-electron chi connectivity index (χ4n) is 2.07. The first kappa shape index (κ1) is 22.8. The summed E-state index contributed by atoms with van der Waals surface area (Å²) in [5.41, 5.74) is 0.718. The lowest BCUT2D eigenvalue weighted by molar-refractivity contribution is 0.594. The van der Waals surface area contributed by atoms with Crippen molar-refractivity contribution in [2.75, 3.05) is 0 Å². The van der Waals surface area contributed by atoms with Gasteiger partial charge in [0.1, 0.15) is 0 Å². The highest BCUT2D eigenvalue weighted by Gasteiger charge is 2.29. The van der Waals surface area contributed by atoms with Crippen molar-refractivity contribution in [2.24, 2.45) is 0 Å². The maximum Gasteiger partial charge on any atom is 0.207 e. The van der Waals surface area contributed by atoms with Crippen molar-refractivity contribution >= 4 is 120 Å². The van der Waals surface area contributed by atoms with E-state index in [9.17, 15) is 8.42 Å². The standard InChI is InChI=1S/C14H6Br4Cl4O2S/c15-7-1-9(5(3-19)11(17)13(7)21)25(23,24)10-2-8(16)14(22)12(18)6(10)4-20/h1-2H,3-4H2. The van der Waals surface area contributed by atoms with E-state index in [2.05, 4.69) is 63.7 Å². The summed E-state index contributed by atoms with van der Waals surface area (Å²) in [6.45, 7) is 0. The van der Waals surface area contributed by atoms with Crippen LogP contribution in [0.2, 0.25) is 10.0 Å². The van der Waals surface area contributed by atoms with Crippen LogP contribution in [0, 0.1) is 0 Å². The molecule has 0 aliphatic rings. The number of benzene rings is 2. The van der Waals surface area contributed by atoms with Gasteiger partial charge in [-0.05, 0) is 75.9 Å². The van der Waals surface area contributed by atoms with Gasteiger partial charge in [-0.15, -0.1) is 23.2 Å². The molecule has 0 radical (unpaired) electrons. The third kappa shape index (κ3) is 4.25.